The number of carbonyl (C=O) groups is 1. The van der Waals surface area contributed by atoms with Crippen LogP contribution in [-0.2, 0) is 0 Å². The predicted molar refractivity (Wildman–Crippen MR) is 76.0 cm³/mol. The molecule has 0 aliphatic carbocycles. The lowest BCUT2D eigenvalue weighted by molar-refractivity contribution is 0.103. The molecule has 2 aromatic carbocycles. The number of nitrogens with two attached hydrogens (primary N) is 1. The average molecular weight is 266 g/mol. The molecule has 0 saturated heterocycles. The Bertz CT molecular complexity index is 814. The van der Waals surface area contributed by atoms with E-state index in [1.54, 1.807) is 18.3 Å². The van der Waals surface area contributed by atoms with Crippen LogP contribution in [-0.4, -0.2) is 10.8 Å². The van der Waals surface area contributed by atoms with Gasteiger partial charge in [-0.15, -0.1) is 0 Å². The van der Waals surface area contributed by atoms with Gasteiger partial charge in [0.05, 0.1) is 5.52 Å². The molecule has 3 aromatic rings. The number of rotatable bonds is 2. The standard InChI is InChI=1S/C16H11FN2O/c17-12-5-6-14(18)13(9-12)16(20)11-4-3-10-2-1-7-19-15(10)8-11/h1-9H,18H2. The van der Waals surface area contributed by atoms with Crippen LogP contribution in [0.5, 0.6) is 0 Å². The molecule has 20 heavy (non-hydrogen) atoms. The minimum atomic E-state index is -0.485. The van der Waals surface area contributed by atoms with Crippen molar-refractivity contribution >= 4 is 22.4 Å². The molecular formula is C16H11FN2O. The fourth-order valence-electron chi connectivity index (χ4n) is 2.09. The number of ketones is 1. The zero-order chi connectivity index (χ0) is 14.1. The SMILES string of the molecule is Nc1ccc(F)cc1C(=O)c1ccc2cccnc2c1. The molecule has 0 amide bonds. The Morgan fingerprint density at radius 3 is 2.80 bits per heavy atom. The molecule has 4 heteroatoms. The summed E-state index contributed by atoms with van der Waals surface area (Å²) < 4.78 is 13.3. The monoisotopic (exact) mass is 266 g/mol. The largest absolute Gasteiger partial charge is 0.398 e. The van der Waals surface area contributed by atoms with Crippen LogP contribution in [0.4, 0.5) is 10.1 Å². The molecule has 3 nitrogen and oxygen atoms in total. The number of hydrogen-bond donors (Lipinski definition) is 1. The third-order valence-corrected chi connectivity index (χ3v) is 3.13. The summed E-state index contributed by atoms with van der Waals surface area (Å²) in [6, 6.07) is 12.7. The lowest BCUT2D eigenvalue weighted by atomic mass is 10.0. The van der Waals surface area contributed by atoms with Crippen LogP contribution in [0, 0.1) is 5.82 Å². The lowest BCUT2D eigenvalue weighted by Crippen LogP contribution is -2.06. The molecule has 0 aliphatic heterocycles. The van der Waals surface area contributed by atoms with Crippen molar-refractivity contribution in [1.29, 1.82) is 0 Å². The first kappa shape index (κ1) is 12.3. The molecule has 1 aromatic heterocycles. The van der Waals surface area contributed by atoms with Crippen molar-refractivity contribution in [2.45, 2.75) is 0 Å². The first-order chi connectivity index (χ1) is 9.65. The number of pyridine rings is 1. The second-order valence-electron chi connectivity index (χ2n) is 4.47. The van der Waals surface area contributed by atoms with Crippen LogP contribution in [0.25, 0.3) is 10.9 Å². The Balaban J connectivity index is 2.10. The molecule has 1 heterocycles. The minimum Gasteiger partial charge on any atom is -0.398 e. The van der Waals surface area contributed by atoms with Crippen molar-refractivity contribution in [3.05, 3.63) is 71.7 Å². The van der Waals surface area contributed by atoms with Gasteiger partial charge in [0.15, 0.2) is 5.78 Å². The second-order valence-corrected chi connectivity index (χ2v) is 4.47. The highest BCUT2D eigenvalue weighted by molar-refractivity contribution is 6.13. The van der Waals surface area contributed by atoms with Crippen LogP contribution >= 0.6 is 0 Å². The molecule has 0 aliphatic rings. The summed E-state index contributed by atoms with van der Waals surface area (Å²) in [5.74, 6) is -0.795. The molecule has 0 unspecified atom stereocenters. The van der Waals surface area contributed by atoms with E-state index >= 15 is 0 Å². The number of carbonyl (C=O) groups excluding carboxylic acids is 1. The Kier molecular flexibility index (Phi) is 2.91. The van der Waals surface area contributed by atoms with Gasteiger partial charge < -0.3 is 5.73 Å². The molecular weight excluding hydrogens is 255 g/mol. The fourth-order valence-corrected chi connectivity index (χ4v) is 2.09. The van der Waals surface area contributed by atoms with Gasteiger partial charge in [0.2, 0.25) is 0 Å². The second kappa shape index (κ2) is 4.74. The summed E-state index contributed by atoms with van der Waals surface area (Å²) in [6.07, 6.45) is 1.66. The smallest absolute Gasteiger partial charge is 0.195 e. The molecule has 0 saturated carbocycles. The van der Waals surface area contributed by atoms with Gasteiger partial charge in [0, 0.05) is 28.4 Å². The third-order valence-electron chi connectivity index (χ3n) is 3.13. The van der Waals surface area contributed by atoms with Crippen molar-refractivity contribution in [2.24, 2.45) is 0 Å². The molecule has 3 rings (SSSR count). The lowest BCUT2D eigenvalue weighted by Gasteiger charge is -2.06. The molecule has 0 radical (unpaired) electrons. The number of benzene rings is 2. The third kappa shape index (κ3) is 2.12. The minimum absolute atomic E-state index is 0.167. The molecule has 0 spiro atoms. The van der Waals surface area contributed by atoms with E-state index in [2.05, 4.69) is 4.98 Å². The quantitative estimate of drug-likeness (QED) is 0.572. The Labute approximate surface area is 114 Å². The van der Waals surface area contributed by atoms with E-state index in [4.69, 9.17) is 5.73 Å². The number of aromatic nitrogens is 1. The fraction of sp³-hybridized carbons (Fsp3) is 0. The zero-order valence-electron chi connectivity index (χ0n) is 10.5. The Morgan fingerprint density at radius 2 is 1.95 bits per heavy atom. The molecule has 98 valence electrons. The summed E-state index contributed by atoms with van der Waals surface area (Å²) in [5.41, 5.74) is 7.32. The normalized spacial score (nSPS) is 10.7. The summed E-state index contributed by atoms with van der Waals surface area (Å²) in [5, 5.41) is 0.941. The van der Waals surface area contributed by atoms with E-state index in [0.717, 1.165) is 11.5 Å². The topological polar surface area (TPSA) is 56.0 Å². The number of nitrogens with zero attached hydrogens (tertiary/aromatic N) is 1. The Hall–Kier alpha value is -2.75. The molecule has 2 N–H and O–H groups in total. The average Bonchev–Trinajstić information content (AvgIpc) is 2.48. The van der Waals surface area contributed by atoms with Gasteiger partial charge in [-0.2, -0.15) is 0 Å². The van der Waals surface area contributed by atoms with E-state index in [1.807, 2.05) is 18.2 Å². The number of anilines is 1. The van der Waals surface area contributed by atoms with Gasteiger partial charge in [-0.1, -0.05) is 18.2 Å². The Morgan fingerprint density at radius 1 is 1.10 bits per heavy atom. The van der Waals surface area contributed by atoms with Crippen LogP contribution in [0.2, 0.25) is 0 Å². The van der Waals surface area contributed by atoms with Crippen molar-refractivity contribution < 1.29 is 9.18 Å². The highest BCUT2D eigenvalue weighted by atomic mass is 19.1. The first-order valence-electron chi connectivity index (χ1n) is 6.09. The van der Waals surface area contributed by atoms with Gasteiger partial charge in [-0.3, -0.25) is 9.78 Å². The molecule has 0 atom stereocenters. The van der Waals surface area contributed by atoms with E-state index in [1.165, 1.54) is 12.1 Å². The molecule has 0 fully saturated rings. The maximum absolute atomic E-state index is 13.3. The summed E-state index contributed by atoms with van der Waals surface area (Å²) in [7, 11) is 0. The summed E-state index contributed by atoms with van der Waals surface area (Å²) in [6.45, 7) is 0. The van der Waals surface area contributed by atoms with Crippen molar-refractivity contribution in [2.75, 3.05) is 5.73 Å². The zero-order valence-corrected chi connectivity index (χ0v) is 10.5. The van der Waals surface area contributed by atoms with Crippen molar-refractivity contribution in [3.8, 4) is 0 Å². The maximum Gasteiger partial charge on any atom is 0.195 e. The molecule has 0 bridgehead atoms. The van der Waals surface area contributed by atoms with Crippen LogP contribution in [0.1, 0.15) is 15.9 Å². The predicted octanol–water partition coefficient (Wildman–Crippen LogP) is 3.19. The highest BCUT2D eigenvalue weighted by Gasteiger charge is 2.14. The van der Waals surface area contributed by atoms with E-state index in [-0.39, 0.29) is 17.0 Å². The van der Waals surface area contributed by atoms with Gasteiger partial charge in [-0.05, 0) is 30.3 Å². The number of hydrogen-bond acceptors (Lipinski definition) is 3. The van der Waals surface area contributed by atoms with Gasteiger partial charge in [0.1, 0.15) is 5.82 Å². The summed E-state index contributed by atoms with van der Waals surface area (Å²) >= 11 is 0. The first-order valence-corrected chi connectivity index (χ1v) is 6.09. The van der Waals surface area contributed by atoms with Crippen molar-refractivity contribution in [3.63, 3.8) is 0 Å². The number of nitrogen functional groups attached to an aromatic ring is 1. The van der Waals surface area contributed by atoms with E-state index in [0.29, 0.717) is 11.1 Å². The van der Waals surface area contributed by atoms with E-state index in [9.17, 15) is 9.18 Å². The highest BCUT2D eigenvalue weighted by Crippen LogP contribution is 2.20. The summed E-state index contributed by atoms with van der Waals surface area (Å²) in [4.78, 5) is 16.6. The van der Waals surface area contributed by atoms with Crippen LogP contribution in [0.3, 0.4) is 0 Å². The number of halogens is 1. The van der Waals surface area contributed by atoms with Gasteiger partial charge in [0.25, 0.3) is 0 Å². The van der Waals surface area contributed by atoms with E-state index < -0.39 is 5.82 Å². The van der Waals surface area contributed by atoms with Crippen LogP contribution in [0.15, 0.2) is 54.7 Å². The van der Waals surface area contributed by atoms with Gasteiger partial charge >= 0.3 is 0 Å². The van der Waals surface area contributed by atoms with Gasteiger partial charge in [-0.25, -0.2) is 4.39 Å². The maximum atomic E-state index is 13.3. The van der Waals surface area contributed by atoms with Crippen molar-refractivity contribution in [1.82, 2.24) is 4.98 Å². The number of fused-ring (bicyclic) bond motifs is 1. The van der Waals surface area contributed by atoms with Crippen LogP contribution < -0.4 is 5.73 Å².